The minimum absolute atomic E-state index is 0.124. The van der Waals surface area contributed by atoms with E-state index < -0.39 is 0 Å². The van der Waals surface area contributed by atoms with Crippen LogP contribution in [0.25, 0.3) is 11.8 Å². The van der Waals surface area contributed by atoms with Crippen molar-refractivity contribution in [2.45, 2.75) is 13.3 Å². The van der Waals surface area contributed by atoms with Crippen molar-refractivity contribution < 1.29 is 9.53 Å². The topological polar surface area (TPSA) is 38.3 Å². The van der Waals surface area contributed by atoms with Crippen LogP contribution in [0.2, 0.25) is 5.02 Å². The van der Waals surface area contributed by atoms with Gasteiger partial charge < -0.3 is 10.1 Å². The monoisotopic (exact) mass is 355 g/mol. The maximum atomic E-state index is 11.7. The first-order valence-electron chi connectivity index (χ1n) is 8.19. The summed E-state index contributed by atoms with van der Waals surface area (Å²) in [6, 6.07) is 15.7. The lowest BCUT2D eigenvalue weighted by Crippen LogP contribution is -2.35. The molecule has 130 valence electrons. The van der Waals surface area contributed by atoms with E-state index in [9.17, 15) is 4.79 Å². The van der Waals surface area contributed by atoms with Crippen LogP contribution in [0.5, 0.6) is 0 Å². The fourth-order valence-corrected chi connectivity index (χ4v) is 2.62. The van der Waals surface area contributed by atoms with Crippen LogP contribution in [-0.4, -0.2) is 19.1 Å². The molecular formula is C21H22ClNO2. The van der Waals surface area contributed by atoms with Gasteiger partial charge in [0.05, 0.1) is 6.61 Å². The lowest BCUT2D eigenvalue weighted by molar-refractivity contribution is -0.141. The Kier molecular flexibility index (Phi) is 7.30. The average Bonchev–Trinajstić information content (AvgIpc) is 2.61. The summed E-state index contributed by atoms with van der Waals surface area (Å²) >= 11 is 5.97. The highest BCUT2D eigenvalue weighted by Crippen LogP contribution is 2.12. The van der Waals surface area contributed by atoms with Gasteiger partial charge in [0.2, 0.25) is 0 Å². The van der Waals surface area contributed by atoms with Crippen molar-refractivity contribution in [3.05, 3.63) is 82.2 Å². The van der Waals surface area contributed by atoms with Gasteiger partial charge in [-0.15, -0.1) is 0 Å². The van der Waals surface area contributed by atoms with Gasteiger partial charge in [-0.25, -0.2) is 0 Å². The molecule has 1 N–H and O–H groups in total. The molecule has 2 rings (SSSR count). The summed E-state index contributed by atoms with van der Waals surface area (Å²) in [7, 11) is 0. The zero-order valence-electron chi connectivity index (χ0n) is 14.3. The molecule has 0 aliphatic heterocycles. The molecule has 0 aromatic heterocycles. The van der Waals surface area contributed by atoms with Crippen molar-refractivity contribution in [2.75, 3.05) is 13.2 Å². The highest BCUT2D eigenvalue weighted by atomic mass is 35.5. The van der Waals surface area contributed by atoms with Crippen molar-refractivity contribution in [1.29, 1.82) is 0 Å². The largest absolute Gasteiger partial charge is 0.465 e. The van der Waals surface area contributed by atoms with E-state index in [0.29, 0.717) is 18.1 Å². The van der Waals surface area contributed by atoms with E-state index in [-0.39, 0.29) is 12.5 Å². The molecule has 0 heterocycles. The average molecular weight is 356 g/mol. The maximum Gasteiger partial charge on any atom is 0.325 e. The molecule has 0 unspecified atom stereocenters. The van der Waals surface area contributed by atoms with E-state index in [0.717, 1.165) is 21.7 Å². The third-order valence-corrected chi connectivity index (χ3v) is 3.88. The minimum atomic E-state index is -0.277. The smallest absolute Gasteiger partial charge is 0.325 e. The number of allylic oxidation sites excluding steroid dienone is 1. The molecule has 2 aromatic carbocycles. The molecule has 0 aliphatic carbocycles. The van der Waals surface area contributed by atoms with Crippen molar-refractivity contribution in [1.82, 2.24) is 5.32 Å². The van der Waals surface area contributed by atoms with Gasteiger partial charge in [-0.05, 0) is 29.8 Å². The molecule has 0 spiro atoms. The Morgan fingerprint density at radius 2 is 1.92 bits per heavy atom. The predicted molar refractivity (Wildman–Crippen MR) is 104 cm³/mol. The van der Waals surface area contributed by atoms with Gasteiger partial charge in [0.15, 0.2) is 0 Å². The summed E-state index contributed by atoms with van der Waals surface area (Å²) in [5.74, 6) is -0.277. The lowest BCUT2D eigenvalue weighted by atomic mass is 10.1. The van der Waals surface area contributed by atoms with Gasteiger partial charge in [0, 0.05) is 22.4 Å². The molecule has 25 heavy (non-hydrogen) atoms. The first-order valence-corrected chi connectivity index (χ1v) is 8.56. The van der Waals surface area contributed by atoms with Gasteiger partial charge in [-0.3, -0.25) is 4.79 Å². The highest BCUT2D eigenvalue weighted by Gasteiger charge is 2.06. The van der Waals surface area contributed by atoms with Crippen LogP contribution in [0, 0.1) is 0 Å². The second-order valence-corrected chi connectivity index (χ2v) is 5.87. The quantitative estimate of drug-likeness (QED) is 0.776. The number of carbonyl (C=O) groups is 1. The number of halogens is 1. The van der Waals surface area contributed by atoms with Gasteiger partial charge in [0.25, 0.3) is 0 Å². The molecule has 0 saturated carbocycles. The fraction of sp³-hybridized carbons (Fsp3) is 0.190. The van der Waals surface area contributed by atoms with Crippen molar-refractivity contribution in [2.24, 2.45) is 0 Å². The number of nitrogens with one attached hydrogen (secondary N) is 1. The number of rotatable bonds is 7. The number of hydrogen-bond donors (Lipinski definition) is 1. The van der Waals surface area contributed by atoms with Crippen molar-refractivity contribution >= 4 is 29.3 Å². The van der Waals surface area contributed by atoms with Crippen molar-refractivity contribution in [3.63, 3.8) is 0 Å². The van der Waals surface area contributed by atoms with Crippen molar-refractivity contribution in [3.8, 4) is 0 Å². The third kappa shape index (κ3) is 5.80. The molecule has 0 aliphatic rings. The summed E-state index contributed by atoms with van der Waals surface area (Å²) in [5, 5.41) is 6.01. The van der Waals surface area contributed by atoms with E-state index in [4.69, 9.17) is 16.3 Å². The van der Waals surface area contributed by atoms with Crippen LogP contribution in [0.1, 0.15) is 12.5 Å². The zero-order chi connectivity index (χ0) is 18.1. The molecule has 0 bridgehead atoms. The Balaban J connectivity index is 2.43. The minimum Gasteiger partial charge on any atom is -0.465 e. The number of benzene rings is 2. The predicted octanol–water partition coefficient (Wildman–Crippen LogP) is 2.81. The summed E-state index contributed by atoms with van der Waals surface area (Å²) in [6.07, 6.45) is 4.35. The molecule has 0 atom stereocenters. The van der Waals surface area contributed by atoms with Crippen LogP contribution in [0.4, 0.5) is 0 Å². The van der Waals surface area contributed by atoms with Gasteiger partial charge in [-0.1, -0.05) is 66.7 Å². The molecule has 0 fully saturated rings. The molecule has 0 amide bonds. The van der Waals surface area contributed by atoms with Crippen LogP contribution in [0.15, 0.2) is 61.2 Å². The molecule has 0 radical (unpaired) electrons. The van der Waals surface area contributed by atoms with Gasteiger partial charge >= 0.3 is 5.97 Å². The summed E-state index contributed by atoms with van der Waals surface area (Å²) in [5.41, 5.74) is 2.05. The second kappa shape index (κ2) is 9.70. The standard InChI is InChI=1S/C21H22ClNO2/c1-3-7-17-8-5-6-9-19(17)20(23-15-21(24)25-4-2)14-16-10-12-18(22)13-11-16/h3,5-13,23H,1,4,14-15H2,2H3/b17-7-,20-19-. The third-order valence-electron chi connectivity index (χ3n) is 3.63. The van der Waals surface area contributed by atoms with Gasteiger partial charge in [-0.2, -0.15) is 0 Å². The maximum absolute atomic E-state index is 11.7. The van der Waals surface area contributed by atoms with Crippen LogP contribution < -0.4 is 15.8 Å². The number of carbonyl (C=O) groups excluding carboxylic acids is 1. The Hall–Kier alpha value is -2.52. The number of ether oxygens (including phenoxy) is 1. The fourth-order valence-electron chi connectivity index (χ4n) is 2.49. The molecular weight excluding hydrogens is 334 g/mol. The molecule has 4 heteroatoms. The Labute approximate surface area is 153 Å². The molecule has 0 saturated heterocycles. The Morgan fingerprint density at radius 1 is 1.20 bits per heavy atom. The summed E-state index contributed by atoms with van der Waals surface area (Å²) in [6.45, 7) is 6.06. The van der Waals surface area contributed by atoms with E-state index in [2.05, 4.69) is 11.9 Å². The Bertz CT molecular complexity index is 841. The molecule has 3 nitrogen and oxygen atoms in total. The molecule has 2 aromatic rings. The zero-order valence-corrected chi connectivity index (χ0v) is 15.1. The lowest BCUT2D eigenvalue weighted by Gasteiger charge is -2.12. The first kappa shape index (κ1) is 18.8. The normalized spacial score (nSPS) is 12.5. The van der Waals surface area contributed by atoms with E-state index in [1.54, 1.807) is 13.0 Å². The number of hydrogen-bond acceptors (Lipinski definition) is 3. The van der Waals surface area contributed by atoms with E-state index >= 15 is 0 Å². The summed E-state index contributed by atoms with van der Waals surface area (Å²) in [4.78, 5) is 11.7. The van der Waals surface area contributed by atoms with Gasteiger partial charge in [0.1, 0.15) is 6.54 Å². The van der Waals surface area contributed by atoms with Crippen LogP contribution in [-0.2, 0) is 16.0 Å². The first-order chi connectivity index (χ1) is 12.1. The highest BCUT2D eigenvalue weighted by molar-refractivity contribution is 6.30. The second-order valence-electron chi connectivity index (χ2n) is 5.43. The van der Waals surface area contributed by atoms with E-state index in [1.165, 1.54) is 0 Å². The van der Waals surface area contributed by atoms with E-state index in [1.807, 2.05) is 54.6 Å². The Morgan fingerprint density at radius 3 is 2.60 bits per heavy atom. The van der Waals surface area contributed by atoms with Crippen LogP contribution >= 0.6 is 11.6 Å². The number of esters is 1. The SMILES string of the molecule is C=C/C=c1/cccc/c1=C(\Cc1ccc(Cl)cc1)NCC(=O)OCC. The van der Waals surface area contributed by atoms with Crippen LogP contribution in [0.3, 0.4) is 0 Å². The summed E-state index contributed by atoms with van der Waals surface area (Å²) < 4.78 is 5.02.